The summed E-state index contributed by atoms with van der Waals surface area (Å²) in [5, 5.41) is 27.7. The number of phenols is 1. The first kappa shape index (κ1) is 30.4. The Bertz CT molecular complexity index is 1340. The lowest BCUT2D eigenvalue weighted by Crippen LogP contribution is -2.55. The molecule has 0 aliphatic heterocycles. The molecule has 0 aromatic heterocycles. The number of hydrogen-bond acceptors (Lipinski definition) is 6. The van der Waals surface area contributed by atoms with Crippen molar-refractivity contribution < 1.29 is 29.3 Å². The number of nitrogens with one attached hydrogen (secondary N) is 2. The highest BCUT2D eigenvalue weighted by molar-refractivity contribution is 6.00. The fourth-order valence-corrected chi connectivity index (χ4v) is 4.42. The minimum absolute atomic E-state index is 0.0808. The molecule has 0 spiro atoms. The van der Waals surface area contributed by atoms with Gasteiger partial charge in [0.15, 0.2) is 0 Å². The summed E-state index contributed by atoms with van der Waals surface area (Å²) < 4.78 is 5.39. The Hall–Kier alpha value is -4.11. The molecule has 214 valence electrons. The number of nitrogens with zero attached hydrogens (tertiary/aromatic N) is 1. The van der Waals surface area contributed by atoms with E-state index in [1.165, 1.54) is 17.0 Å². The molecule has 9 heteroatoms. The number of carbonyl (C=O) groups is 3. The third kappa shape index (κ3) is 7.95. The third-order valence-corrected chi connectivity index (χ3v) is 6.54. The van der Waals surface area contributed by atoms with Crippen LogP contribution in [-0.4, -0.2) is 57.8 Å². The zero-order valence-electron chi connectivity index (χ0n) is 23.7. The monoisotopic (exact) mass is 549 g/mol. The van der Waals surface area contributed by atoms with Crippen molar-refractivity contribution >= 4 is 34.4 Å². The molecule has 0 aliphatic carbocycles. The standard InChI is InChI=1S/C31H39N3O6/c1-6-20(2)26(33-30(39)40-31(3,4)5)29(38)34(16-17-35)27(23-12-9-13-25(36)19-23)28(37)32-24-15-14-21-10-7-8-11-22(21)18-24/h7-15,18-20,26-27,35-36H,6,16-17H2,1-5H3,(H,32,37)(H,33,39). The van der Waals surface area contributed by atoms with Gasteiger partial charge >= 0.3 is 6.09 Å². The van der Waals surface area contributed by atoms with Gasteiger partial charge in [0.05, 0.1) is 6.61 Å². The van der Waals surface area contributed by atoms with Crippen LogP contribution >= 0.6 is 0 Å². The van der Waals surface area contributed by atoms with E-state index >= 15 is 0 Å². The zero-order chi connectivity index (χ0) is 29.4. The molecule has 0 aliphatic rings. The predicted octanol–water partition coefficient (Wildman–Crippen LogP) is 4.99. The predicted molar refractivity (Wildman–Crippen MR) is 155 cm³/mol. The van der Waals surface area contributed by atoms with E-state index in [1.807, 2.05) is 50.2 Å². The number of aromatic hydroxyl groups is 1. The number of ether oxygens (including phenoxy) is 1. The Balaban J connectivity index is 2.01. The minimum atomic E-state index is -1.22. The van der Waals surface area contributed by atoms with Gasteiger partial charge in [-0.2, -0.15) is 0 Å². The molecule has 9 nitrogen and oxygen atoms in total. The highest BCUT2D eigenvalue weighted by atomic mass is 16.6. The topological polar surface area (TPSA) is 128 Å². The molecule has 3 amide bonds. The summed E-state index contributed by atoms with van der Waals surface area (Å²) >= 11 is 0. The molecular formula is C31H39N3O6. The molecule has 3 rings (SSSR count). The van der Waals surface area contributed by atoms with E-state index < -0.39 is 42.2 Å². The van der Waals surface area contributed by atoms with Gasteiger partial charge in [0.1, 0.15) is 23.4 Å². The normalized spacial score (nSPS) is 13.7. The van der Waals surface area contributed by atoms with Gasteiger partial charge in [0, 0.05) is 12.2 Å². The van der Waals surface area contributed by atoms with E-state index in [-0.39, 0.29) is 18.2 Å². The summed E-state index contributed by atoms with van der Waals surface area (Å²) in [5.41, 5.74) is 0.0951. The summed E-state index contributed by atoms with van der Waals surface area (Å²) in [6.45, 7) is 8.25. The van der Waals surface area contributed by atoms with E-state index in [2.05, 4.69) is 10.6 Å². The first-order chi connectivity index (χ1) is 18.9. The summed E-state index contributed by atoms with van der Waals surface area (Å²) in [5.74, 6) is -1.49. The van der Waals surface area contributed by atoms with E-state index in [1.54, 1.807) is 39.0 Å². The van der Waals surface area contributed by atoms with E-state index in [0.717, 1.165) is 10.8 Å². The molecule has 3 aromatic carbocycles. The van der Waals surface area contributed by atoms with Crippen molar-refractivity contribution in [1.82, 2.24) is 10.2 Å². The fraction of sp³-hybridized carbons (Fsp3) is 0.387. The second-order valence-corrected chi connectivity index (χ2v) is 10.8. The van der Waals surface area contributed by atoms with Crippen LogP contribution in [0.3, 0.4) is 0 Å². The Morgan fingerprint density at radius 1 is 0.975 bits per heavy atom. The number of benzene rings is 3. The van der Waals surface area contributed by atoms with Crippen LogP contribution in [0.2, 0.25) is 0 Å². The summed E-state index contributed by atoms with van der Waals surface area (Å²) in [6.07, 6.45) is -0.205. The van der Waals surface area contributed by atoms with Crippen LogP contribution in [-0.2, 0) is 14.3 Å². The van der Waals surface area contributed by atoms with Gasteiger partial charge in [-0.25, -0.2) is 4.79 Å². The van der Waals surface area contributed by atoms with Crippen molar-refractivity contribution in [2.75, 3.05) is 18.5 Å². The van der Waals surface area contributed by atoms with Crippen LogP contribution in [0, 0.1) is 5.92 Å². The summed E-state index contributed by atoms with van der Waals surface area (Å²) in [7, 11) is 0. The molecule has 0 saturated carbocycles. The average Bonchev–Trinajstić information content (AvgIpc) is 2.89. The first-order valence-corrected chi connectivity index (χ1v) is 13.4. The smallest absolute Gasteiger partial charge is 0.408 e. The van der Waals surface area contributed by atoms with Crippen LogP contribution in [0.5, 0.6) is 5.75 Å². The Kier molecular flexibility index (Phi) is 10.1. The Morgan fingerprint density at radius 2 is 1.68 bits per heavy atom. The second-order valence-electron chi connectivity index (χ2n) is 10.8. The lowest BCUT2D eigenvalue weighted by molar-refractivity contribution is -0.142. The number of rotatable bonds is 10. The maximum atomic E-state index is 14.1. The number of alkyl carbamates (subject to hydrolysis) is 1. The number of carbonyl (C=O) groups excluding carboxylic acids is 3. The molecule has 3 aromatic rings. The van der Waals surface area contributed by atoms with Gasteiger partial charge in [-0.1, -0.05) is 62.7 Å². The van der Waals surface area contributed by atoms with Crippen molar-refractivity contribution in [2.24, 2.45) is 5.92 Å². The minimum Gasteiger partial charge on any atom is -0.508 e. The molecular weight excluding hydrogens is 510 g/mol. The van der Waals surface area contributed by atoms with E-state index in [0.29, 0.717) is 17.7 Å². The molecule has 0 bridgehead atoms. The largest absolute Gasteiger partial charge is 0.508 e. The van der Waals surface area contributed by atoms with E-state index in [4.69, 9.17) is 4.74 Å². The number of aliphatic hydroxyl groups excluding tert-OH is 1. The lowest BCUT2D eigenvalue weighted by Gasteiger charge is -2.35. The van der Waals surface area contributed by atoms with Crippen LogP contribution in [0.1, 0.15) is 52.6 Å². The number of fused-ring (bicyclic) bond motifs is 1. The molecule has 40 heavy (non-hydrogen) atoms. The second kappa shape index (κ2) is 13.3. The van der Waals surface area contributed by atoms with Gasteiger partial charge in [0.25, 0.3) is 5.91 Å². The first-order valence-electron chi connectivity index (χ1n) is 13.4. The zero-order valence-corrected chi connectivity index (χ0v) is 23.7. The quantitative estimate of drug-likeness (QED) is 0.282. The maximum Gasteiger partial charge on any atom is 0.408 e. The number of amides is 3. The Morgan fingerprint density at radius 3 is 2.30 bits per heavy atom. The Labute approximate surface area is 235 Å². The lowest BCUT2D eigenvalue weighted by atomic mass is 9.95. The molecule has 0 heterocycles. The van der Waals surface area contributed by atoms with Crippen molar-refractivity contribution in [2.45, 2.75) is 58.7 Å². The molecule has 3 atom stereocenters. The molecule has 0 radical (unpaired) electrons. The van der Waals surface area contributed by atoms with Gasteiger partial charge in [0.2, 0.25) is 5.91 Å². The highest BCUT2D eigenvalue weighted by Gasteiger charge is 2.38. The fourth-order valence-electron chi connectivity index (χ4n) is 4.42. The van der Waals surface area contributed by atoms with E-state index in [9.17, 15) is 24.6 Å². The molecule has 4 N–H and O–H groups in total. The van der Waals surface area contributed by atoms with Crippen LogP contribution < -0.4 is 10.6 Å². The molecule has 0 saturated heterocycles. The number of anilines is 1. The highest BCUT2D eigenvalue weighted by Crippen LogP contribution is 2.28. The van der Waals surface area contributed by atoms with Gasteiger partial charge in [-0.05, 0) is 67.3 Å². The van der Waals surface area contributed by atoms with Crippen LogP contribution in [0.15, 0.2) is 66.7 Å². The summed E-state index contributed by atoms with van der Waals surface area (Å²) in [4.78, 5) is 41.9. The average molecular weight is 550 g/mol. The number of aliphatic hydroxyl groups is 1. The van der Waals surface area contributed by atoms with Crippen molar-refractivity contribution in [3.8, 4) is 5.75 Å². The van der Waals surface area contributed by atoms with Gasteiger partial charge in [-0.15, -0.1) is 0 Å². The van der Waals surface area contributed by atoms with Crippen molar-refractivity contribution in [3.63, 3.8) is 0 Å². The van der Waals surface area contributed by atoms with Crippen LogP contribution in [0.4, 0.5) is 10.5 Å². The van der Waals surface area contributed by atoms with Crippen molar-refractivity contribution in [1.29, 1.82) is 0 Å². The third-order valence-electron chi connectivity index (χ3n) is 6.54. The number of phenolic OH excluding ortho intramolecular Hbond substituents is 1. The van der Waals surface area contributed by atoms with Gasteiger partial charge < -0.3 is 30.5 Å². The summed E-state index contributed by atoms with van der Waals surface area (Å²) in [6, 6.07) is 17.0. The van der Waals surface area contributed by atoms with Crippen molar-refractivity contribution in [3.05, 3.63) is 72.3 Å². The molecule has 0 fully saturated rings. The maximum absolute atomic E-state index is 14.1. The van der Waals surface area contributed by atoms with Crippen LogP contribution in [0.25, 0.3) is 10.8 Å². The SMILES string of the molecule is CCC(C)C(NC(=O)OC(C)(C)C)C(=O)N(CCO)C(C(=O)Nc1ccc2ccccc2c1)c1cccc(O)c1. The number of hydrogen-bond donors (Lipinski definition) is 4. The molecule has 3 unspecified atom stereocenters. The van der Waals surface area contributed by atoms with Gasteiger partial charge in [-0.3, -0.25) is 9.59 Å².